The molecule has 8 heteroatoms. The monoisotopic (exact) mass is 329 g/mol. The van der Waals surface area contributed by atoms with E-state index in [9.17, 15) is 22.8 Å². The molecular weight excluding hydrogens is 311 g/mol. The number of aromatic nitrogens is 1. The number of hydrogen-bond donors (Lipinski definition) is 1. The Hall–Kier alpha value is -2.12. The molecule has 2 unspecified atom stereocenters. The summed E-state index contributed by atoms with van der Waals surface area (Å²) in [5, 5.41) is 2.59. The van der Waals surface area contributed by atoms with Gasteiger partial charge in [0.25, 0.3) is 0 Å². The number of amides is 2. The van der Waals surface area contributed by atoms with Gasteiger partial charge in [-0.2, -0.15) is 13.2 Å². The summed E-state index contributed by atoms with van der Waals surface area (Å²) in [7, 11) is 0. The van der Waals surface area contributed by atoms with Gasteiger partial charge in [0.15, 0.2) is 0 Å². The van der Waals surface area contributed by atoms with E-state index in [0.29, 0.717) is 5.56 Å². The number of piperidine rings is 1. The van der Waals surface area contributed by atoms with Gasteiger partial charge in [-0.3, -0.25) is 14.6 Å². The molecule has 1 N–H and O–H groups in total. The second-order valence-electron chi connectivity index (χ2n) is 5.62. The molecule has 5 nitrogen and oxygen atoms in total. The Kier molecular flexibility index (Phi) is 5.23. The van der Waals surface area contributed by atoms with Crippen molar-refractivity contribution in [3.63, 3.8) is 0 Å². The quantitative estimate of drug-likeness (QED) is 0.918. The van der Waals surface area contributed by atoms with Gasteiger partial charge in [0.05, 0.1) is 6.42 Å². The van der Waals surface area contributed by atoms with Crippen LogP contribution in [0.4, 0.5) is 13.2 Å². The minimum atomic E-state index is -4.48. The molecule has 23 heavy (non-hydrogen) atoms. The fourth-order valence-electron chi connectivity index (χ4n) is 2.77. The maximum absolute atomic E-state index is 13.2. The summed E-state index contributed by atoms with van der Waals surface area (Å²) in [6, 6.07) is 1.00. The number of pyridine rings is 1. The first-order valence-electron chi connectivity index (χ1n) is 7.29. The Labute approximate surface area is 131 Å². The molecule has 126 valence electrons. The van der Waals surface area contributed by atoms with Crippen LogP contribution in [-0.2, 0) is 16.0 Å². The smallest absolute Gasteiger partial charge is 0.352 e. The van der Waals surface area contributed by atoms with Crippen molar-refractivity contribution in [2.45, 2.75) is 44.4 Å². The topological polar surface area (TPSA) is 62.3 Å². The third kappa shape index (κ3) is 4.67. The standard InChI is InChI=1S/C15H18F3N3O2/c1-10(22)20-12-4-5-13(15(16,17)18)21(9-12)14(23)7-11-3-2-6-19-8-11/h2-3,6,8,12-13H,4-5,7,9H2,1H3,(H,20,22). The van der Waals surface area contributed by atoms with E-state index in [0.717, 1.165) is 4.90 Å². The molecule has 1 aliphatic rings. The van der Waals surface area contributed by atoms with Crippen molar-refractivity contribution in [3.8, 4) is 0 Å². The molecule has 2 rings (SSSR count). The third-order valence-electron chi connectivity index (χ3n) is 3.77. The molecule has 0 radical (unpaired) electrons. The van der Waals surface area contributed by atoms with E-state index in [-0.39, 0.29) is 31.7 Å². The summed E-state index contributed by atoms with van der Waals surface area (Å²) in [5.41, 5.74) is 0.556. The van der Waals surface area contributed by atoms with E-state index < -0.39 is 24.2 Å². The first-order chi connectivity index (χ1) is 10.8. The Morgan fingerprint density at radius 3 is 2.70 bits per heavy atom. The lowest BCUT2D eigenvalue weighted by Crippen LogP contribution is -2.58. The van der Waals surface area contributed by atoms with Gasteiger partial charge in [0.2, 0.25) is 11.8 Å². The van der Waals surface area contributed by atoms with Gasteiger partial charge in [0.1, 0.15) is 6.04 Å². The first kappa shape index (κ1) is 17.2. The number of nitrogens with one attached hydrogen (secondary N) is 1. The lowest BCUT2D eigenvalue weighted by Gasteiger charge is -2.40. The van der Waals surface area contributed by atoms with Gasteiger partial charge in [-0.15, -0.1) is 0 Å². The van der Waals surface area contributed by atoms with Gasteiger partial charge in [0, 0.05) is 31.9 Å². The summed E-state index contributed by atoms with van der Waals surface area (Å²) >= 11 is 0. The summed E-state index contributed by atoms with van der Waals surface area (Å²) in [5.74, 6) is -0.935. The van der Waals surface area contributed by atoms with Crippen LogP contribution < -0.4 is 5.32 Å². The van der Waals surface area contributed by atoms with E-state index >= 15 is 0 Å². The largest absolute Gasteiger partial charge is 0.408 e. The number of likely N-dealkylation sites (tertiary alicyclic amines) is 1. The van der Waals surface area contributed by atoms with Crippen molar-refractivity contribution in [1.82, 2.24) is 15.2 Å². The minimum Gasteiger partial charge on any atom is -0.352 e. The molecule has 0 aliphatic carbocycles. The molecule has 1 aromatic heterocycles. The summed E-state index contributed by atoms with van der Waals surface area (Å²) < 4.78 is 39.6. The highest BCUT2D eigenvalue weighted by Crippen LogP contribution is 2.32. The maximum Gasteiger partial charge on any atom is 0.408 e. The Morgan fingerprint density at radius 2 is 2.13 bits per heavy atom. The summed E-state index contributed by atoms with van der Waals surface area (Å²) in [4.78, 5) is 28.1. The van der Waals surface area contributed by atoms with Crippen molar-refractivity contribution in [1.29, 1.82) is 0 Å². The second kappa shape index (κ2) is 6.97. The molecule has 0 saturated carbocycles. The zero-order valence-electron chi connectivity index (χ0n) is 12.6. The molecule has 2 amide bonds. The van der Waals surface area contributed by atoms with Crippen molar-refractivity contribution < 1.29 is 22.8 Å². The zero-order valence-corrected chi connectivity index (χ0v) is 12.6. The van der Waals surface area contributed by atoms with Crippen LogP contribution in [0.25, 0.3) is 0 Å². The van der Waals surface area contributed by atoms with Gasteiger partial charge in [-0.05, 0) is 24.5 Å². The van der Waals surface area contributed by atoms with Crippen molar-refractivity contribution >= 4 is 11.8 Å². The summed E-state index contributed by atoms with van der Waals surface area (Å²) in [6.45, 7) is 1.17. The van der Waals surface area contributed by atoms with Gasteiger partial charge in [-0.25, -0.2) is 0 Å². The predicted octanol–water partition coefficient (Wildman–Crippen LogP) is 1.68. The van der Waals surface area contributed by atoms with Crippen molar-refractivity contribution in [2.24, 2.45) is 0 Å². The van der Waals surface area contributed by atoms with Crippen LogP contribution >= 0.6 is 0 Å². The molecule has 1 saturated heterocycles. The van der Waals surface area contributed by atoms with Gasteiger partial charge >= 0.3 is 6.18 Å². The van der Waals surface area contributed by atoms with Crippen LogP contribution in [0.2, 0.25) is 0 Å². The highest BCUT2D eigenvalue weighted by atomic mass is 19.4. The zero-order chi connectivity index (χ0) is 17.0. The van der Waals surface area contributed by atoms with Crippen LogP contribution in [0.5, 0.6) is 0 Å². The predicted molar refractivity (Wildman–Crippen MR) is 76.3 cm³/mol. The summed E-state index contributed by atoms with van der Waals surface area (Å²) in [6.07, 6.45) is -1.66. The lowest BCUT2D eigenvalue weighted by atomic mass is 9.96. The molecule has 0 bridgehead atoms. The normalized spacial score (nSPS) is 21.8. The van der Waals surface area contributed by atoms with E-state index in [1.807, 2.05) is 0 Å². The van der Waals surface area contributed by atoms with Crippen LogP contribution in [0.3, 0.4) is 0 Å². The van der Waals surface area contributed by atoms with Crippen molar-refractivity contribution in [2.75, 3.05) is 6.54 Å². The molecule has 0 spiro atoms. The number of nitrogens with zero attached hydrogens (tertiary/aromatic N) is 2. The van der Waals surface area contributed by atoms with E-state index in [4.69, 9.17) is 0 Å². The Morgan fingerprint density at radius 1 is 1.39 bits per heavy atom. The number of carbonyl (C=O) groups is 2. The average Bonchev–Trinajstić information content (AvgIpc) is 2.46. The number of halogens is 3. The highest BCUT2D eigenvalue weighted by molar-refractivity contribution is 5.79. The van der Waals surface area contributed by atoms with E-state index in [1.54, 1.807) is 12.1 Å². The Balaban J connectivity index is 2.13. The van der Waals surface area contributed by atoms with Gasteiger partial charge in [-0.1, -0.05) is 6.07 Å². The number of hydrogen-bond acceptors (Lipinski definition) is 3. The number of carbonyl (C=O) groups excluding carboxylic acids is 2. The number of rotatable bonds is 3. The van der Waals surface area contributed by atoms with Crippen molar-refractivity contribution in [3.05, 3.63) is 30.1 Å². The van der Waals surface area contributed by atoms with Crippen LogP contribution in [0.1, 0.15) is 25.3 Å². The fourth-order valence-corrected chi connectivity index (χ4v) is 2.77. The molecule has 2 heterocycles. The Bertz CT molecular complexity index is 563. The maximum atomic E-state index is 13.2. The number of alkyl halides is 3. The van der Waals surface area contributed by atoms with Gasteiger partial charge < -0.3 is 10.2 Å². The first-order valence-corrected chi connectivity index (χ1v) is 7.29. The average molecular weight is 329 g/mol. The molecule has 1 aliphatic heterocycles. The fraction of sp³-hybridized carbons (Fsp3) is 0.533. The molecule has 1 fully saturated rings. The third-order valence-corrected chi connectivity index (χ3v) is 3.77. The van der Waals surface area contributed by atoms with E-state index in [2.05, 4.69) is 10.3 Å². The minimum absolute atomic E-state index is 0.136. The molecule has 0 aromatic carbocycles. The van der Waals surface area contributed by atoms with Crippen LogP contribution in [-0.4, -0.2) is 46.5 Å². The molecular formula is C15H18F3N3O2. The van der Waals surface area contributed by atoms with Crippen LogP contribution in [0.15, 0.2) is 24.5 Å². The second-order valence-corrected chi connectivity index (χ2v) is 5.62. The lowest BCUT2D eigenvalue weighted by molar-refractivity contribution is -0.197. The SMILES string of the molecule is CC(=O)NC1CCC(C(F)(F)F)N(C(=O)Cc2cccnc2)C1. The molecule has 2 atom stereocenters. The van der Waals surface area contributed by atoms with Crippen LogP contribution in [0, 0.1) is 0 Å². The van der Waals surface area contributed by atoms with E-state index in [1.165, 1.54) is 19.3 Å². The highest BCUT2D eigenvalue weighted by Gasteiger charge is 2.47. The molecule has 1 aromatic rings.